The van der Waals surface area contributed by atoms with Crippen LogP contribution in [-0.2, 0) is 9.59 Å². The average molecular weight is 364 g/mol. The summed E-state index contributed by atoms with van der Waals surface area (Å²) in [5.41, 5.74) is 0.657. The van der Waals surface area contributed by atoms with Gasteiger partial charge < -0.3 is 19.9 Å². The van der Waals surface area contributed by atoms with Crippen LogP contribution in [0.3, 0.4) is 0 Å². The Morgan fingerprint density at radius 2 is 1.68 bits per heavy atom. The number of carboxylic acids is 1. The second kappa shape index (κ2) is 8.94. The highest BCUT2D eigenvalue weighted by Crippen LogP contribution is 2.20. The fourth-order valence-electron chi connectivity index (χ4n) is 2.18. The van der Waals surface area contributed by atoms with Crippen molar-refractivity contribution in [3.63, 3.8) is 0 Å². The van der Waals surface area contributed by atoms with E-state index in [1.54, 1.807) is 55.6 Å². The molecule has 0 unspecified atom stereocenters. The third kappa shape index (κ3) is 6.00. The van der Waals surface area contributed by atoms with Crippen LogP contribution in [0.25, 0.3) is 0 Å². The van der Waals surface area contributed by atoms with E-state index < -0.39 is 17.9 Å². The first-order valence-electron chi connectivity index (χ1n) is 7.51. The average Bonchev–Trinajstić information content (AvgIpc) is 2.60. The third-order valence-electron chi connectivity index (χ3n) is 3.42. The molecule has 2 aromatic carbocycles. The van der Waals surface area contributed by atoms with Crippen molar-refractivity contribution in [1.29, 1.82) is 0 Å². The molecule has 0 aliphatic carbocycles. The Bertz CT molecular complexity index is 715. The summed E-state index contributed by atoms with van der Waals surface area (Å²) < 4.78 is 10.4. The van der Waals surface area contributed by atoms with Gasteiger partial charge in [0.25, 0.3) is 5.91 Å². The summed E-state index contributed by atoms with van der Waals surface area (Å²) in [5.74, 6) is -0.244. The van der Waals surface area contributed by atoms with Gasteiger partial charge in [0.05, 0.1) is 19.6 Å². The molecular weight excluding hydrogens is 346 g/mol. The van der Waals surface area contributed by atoms with Crippen LogP contribution in [0.15, 0.2) is 48.5 Å². The number of hydrogen-bond acceptors (Lipinski definition) is 4. The van der Waals surface area contributed by atoms with Crippen molar-refractivity contribution in [2.24, 2.45) is 0 Å². The van der Waals surface area contributed by atoms with Crippen molar-refractivity contribution in [3.05, 3.63) is 59.1 Å². The zero-order valence-corrected chi connectivity index (χ0v) is 14.3. The molecule has 0 radical (unpaired) electrons. The van der Waals surface area contributed by atoms with Gasteiger partial charge in [0.2, 0.25) is 0 Å². The van der Waals surface area contributed by atoms with Crippen LogP contribution in [0.5, 0.6) is 11.5 Å². The number of carboxylic acid groups (broad SMARTS) is 1. The van der Waals surface area contributed by atoms with Gasteiger partial charge >= 0.3 is 5.97 Å². The molecule has 0 heterocycles. The van der Waals surface area contributed by atoms with Crippen LogP contribution in [-0.4, -0.2) is 30.7 Å². The van der Waals surface area contributed by atoms with Crippen LogP contribution in [0.4, 0.5) is 0 Å². The van der Waals surface area contributed by atoms with Gasteiger partial charge in [-0.1, -0.05) is 23.7 Å². The molecule has 0 saturated heterocycles. The number of carbonyl (C=O) groups excluding carboxylic acids is 1. The van der Waals surface area contributed by atoms with Crippen LogP contribution in [0.2, 0.25) is 5.02 Å². The van der Waals surface area contributed by atoms with Gasteiger partial charge in [0.15, 0.2) is 6.61 Å². The smallest absolute Gasteiger partial charge is 0.305 e. The van der Waals surface area contributed by atoms with Crippen LogP contribution in [0.1, 0.15) is 18.0 Å². The molecule has 0 aliphatic heterocycles. The fourth-order valence-corrected chi connectivity index (χ4v) is 2.30. The molecular formula is C18H18ClNO5. The summed E-state index contributed by atoms with van der Waals surface area (Å²) in [7, 11) is 1.56. The molecule has 2 aromatic rings. The lowest BCUT2D eigenvalue weighted by atomic mass is 10.0. The number of benzene rings is 2. The van der Waals surface area contributed by atoms with E-state index in [-0.39, 0.29) is 13.0 Å². The summed E-state index contributed by atoms with van der Waals surface area (Å²) >= 11 is 5.83. The largest absolute Gasteiger partial charge is 0.497 e. The summed E-state index contributed by atoms with van der Waals surface area (Å²) in [5, 5.41) is 12.2. The first kappa shape index (κ1) is 18.6. The van der Waals surface area contributed by atoms with E-state index in [1.807, 2.05) is 0 Å². The molecule has 1 amide bonds. The number of methoxy groups -OCH3 is 1. The second-order valence-corrected chi connectivity index (χ2v) is 5.67. The SMILES string of the molecule is COc1ccc(OCC(=O)N[C@@H](CC(=O)O)c2ccc(Cl)cc2)cc1. The van der Waals surface area contributed by atoms with Crippen LogP contribution >= 0.6 is 11.6 Å². The molecule has 2 N–H and O–H groups in total. The number of hydrogen-bond donors (Lipinski definition) is 2. The Morgan fingerprint density at radius 1 is 1.08 bits per heavy atom. The first-order chi connectivity index (χ1) is 12.0. The van der Waals surface area contributed by atoms with E-state index in [0.717, 1.165) is 0 Å². The molecule has 132 valence electrons. The number of nitrogens with one attached hydrogen (secondary N) is 1. The maximum Gasteiger partial charge on any atom is 0.305 e. The standard InChI is InChI=1S/C18H18ClNO5/c1-24-14-6-8-15(9-7-14)25-11-17(21)20-16(10-18(22)23)12-2-4-13(19)5-3-12/h2-9,16H,10-11H2,1H3,(H,20,21)(H,22,23)/t16-/m0/s1. The monoisotopic (exact) mass is 363 g/mol. The molecule has 6 nitrogen and oxygen atoms in total. The third-order valence-corrected chi connectivity index (χ3v) is 3.67. The van der Waals surface area contributed by atoms with E-state index >= 15 is 0 Å². The number of halogens is 1. The quantitative estimate of drug-likeness (QED) is 0.753. The number of ether oxygens (including phenoxy) is 2. The van der Waals surface area contributed by atoms with Crippen LogP contribution < -0.4 is 14.8 Å². The Kier molecular flexibility index (Phi) is 6.65. The molecule has 25 heavy (non-hydrogen) atoms. The Hall–Kier alpha value is -2.73. The van der Waals surface area contributed by atoms with E-state index in [4.69, 9.17) is 26.2 Å². The fraction of sp³-hybridized carbons (Fsp3) is 0.222. The maximum absolute atomic E-state index is 12.1. The molecule has 2 rings (SSSR count). The number of amides is 1. The molecule has 0 fully saturated rings. The van der Waals surface area contributed by atoms with E-state index in [0.29, 0.717) is 22.1 Å². The van der Waals surface area contributed by atoms with Gasteiger partial charge in [-0.05, 0) is 42.0 Å². The van der Waals surface area contributed by atoms with Gasteiger partial charge in [0.1, 0.15) is 11.5 Å². The summed E-state index contributed by atoms with van der Waals surface area (Å²) in [4.78, 5) is 23.1. The van der Waals surface area contributed by atoms with Crippen molar-refractivity contribution >= 4 is 23.5 Å². The highest BCUT2D eigenvalue weighted by atomic mass is 35.5. The Labute approximate surface area is 150 Å². The van der Waals surface area contributed by atoms with E-state index in [1.165, 1.54) is 0 Å². The number of aliphatic carboxylic acids is 1. The van der Waals surface area contributed by atoms with Gasteiger partial charge in [-0.25, -0.2) is 0 Å². The molecule has 0 saturated carbocycles. The Morgan fingerprint density at radius 3 is 2.24 bits per heavy atom. The molecule has 7 heteroatoms. The molecule has 1 atom stereocenters. The second-order valence-electron chi connectivity index (χ2n) is 5.23. The zero-order chi connectivity index (χ0) is 18.2. The minimum Gasteiger partial charge on any atom is -0.497 e. The first-order valence-corrected chi connectivity index (χ1v) is 7.89. The molecule has 0 aromatic heterocycles. The molecule has 0 spiro atoms. The van der Waals surface area contributed by atoms with Crippen molar-refractivity contribution in [1.82, 2.24) is 5.32 Å². The van der Waals surface area contributed by atoms with Crippen molar-refractivity contribution in [2.45, 2.75) is 12.5 Å². The van der Waals surface area contributed by atoms with Crippen molar-refractivity contribution in [2.75, 3.05) is 13.7 Å². The lowest BCUT2D eigenvalue weighted by Gasteiger charge is -2.18. The van der Waals surface area contributed by atoms with Gasteiger partial charge in [-0.2, -0.15) is 0 Å². The van der Waals surface area contributed by atoms with Gasteiger partial charge in [0, 0.05) is 5.02 Å². The summed E-state index contributed by atoms with van der Waals surface area (Å²) in [6, 6.07) is 12.8. The summed E-state index contributed by atoms with van der Waals surface area (Å²) in [6.07, 6.45) is -0.240. The molecule has 0 aliphatic rings. The zero-order valence-electron chi connectivity index (χ0n) is 13.6. The maximum atomic E-state index is 12.1. The molecule has 0 bridgehead atoms. The van der Waals surface area contributed by atoms with Crippen molar-refractivity contribution < 1.29 is 24.2 Å². The van der Waals surface area contributed by atoms with E-state index in [2.05, 4.69) is 5.32 Å². The topological polar surface area (TPSA) is 84.9 Å². The highest BCUT2D eigenvalue weighted by molar-refractivity contribution is 6.30. The minimum atomic E-state index is -1.02. The predicted molar refractivity (Wildman–Crippen MR) is 93.1 cm³/mol. The minimum absolute atomic E-state index is 0.226. The normalized spacial score (nSPS) is 11.4. The predicted octanol–water partition coefficient (Wildman–Crippen LogP) is 3.06. The van der Waals surface area contributed by atoms with Gasteiger partial charge in [-0.3, -0.25) is 9.59 Å². The van der Waals surface area contributed by atoms with Crippen molar-refractivity contribution in [3.8, 4) is 11.5 Å². The number of rotatable bonds is 8. The number of carbonyl (C=O) groups is 2. The lowest BCUT2D eigenvalue weighted by molar-refractivity contribution is -0.137. The van der Waals surface area contributed by atoms with Gasteiger partial charge in [-0.15, -0.1) is 0 Å². The highest BCUT2D eigenvalue weighted by Gasteiger charge is 2.18. The van der Waals surface area contributed by atoms with E-state index in [9.17, 15) is 9.59 Å². The Balaban J connectivity index is 1.96. The summed E-state index contributed by atoms with van der Waals surface area (Å²) in [6.45, 7) is -0.226. The van der Waals surface area contributed by atoms with Crippen LogP contribution in [0, 0.1) is 0 Å². The lowest BCUT2D eigenvalue weighted by Crippen LogP contribution is -2.33.